The summed E-state index contributed by atoms with van der Waals surface area (Å²) in [5.74, 6) is -0.297. The molecule has 1 atom stereocenters. The summed E-state index contributed by atoms with van der Waals surface area (Å²) >= 11 is 0. The number of aryl methyl sites for hydroxylation is 1. The minimum Gasteiger partial charge on any atom is -0.446 e. The first kappa shape index (κ1) is 24.8. The Morgan fingerprint density at radius 2 is 1.78 bits per heavy atom. The molecule has 6 nitrogen and oxygen atoms in total. The van der Waals surface area contributed by atoms with E-state index in [0.29, 0.717) is 36.0 Å². The summed E-state index contributed by atoms with van der Waals surface area (Å²) in [4.78, 5) is 32.8. The number of carbonyl (C=O) groups is 1. The molecule has 1 aromatic heterocycles. The third kappa shape index (κ3) is 4.89. The Morgan fingerprint density at radius 1 is 1.08 bits per heavy atom. The minimum atomic E-state index is -4.19. The molecule has 1 unspecified atom stereocenters. The van der Waals surface area contributed by atoms with Gasteiger partial charge in [0.15, 0.2) is 0 Å². The van der Waals surface area contributed by atoms with Crippen LogP contribution in [0, 0.1) is 18.8 Å². The Morgan fingerprint density at radius 3 is 2.39 bits per heavy atom. The maximum Gasteiger partial charge on any atom is 0.410 e. The van der Waals surface area contributed by atoms with Gasteiger partial charge in [-0.2, -0.15) is 13.2 Å². The lowest BCUT2D eigenvalue weighted by Crippen LogP contribution is -2.44. The fourth-order valence-corrected chi connectivity index (χ4v) is 5.87. The molecule has 1 aliphatic heterocycles. The summed E-state index contributed by atoms with van der Waals surface area (Å²) in [6, 6.07) is 10.0. The lowest BCUT2D eigenvalue weighted by molar-refractivity contribution is -0.186. The normalized spacial score (nSPS) is 23.5. The van der Waals surface area contributed by atoms with Crippen LogP contribution in [0.5, 0.6) is 0 Å². The summed E-state index contributed by atoms with van der Waals surface area (Å²) < 4.78 is 46.1. The molecule has 2 fully saturated rings. The Bertz CT molecular complexity index is 1150. The summed E-state index contributed by atoms with van der Waals surface area (Å²) in [5.41, 5.74) is 2.28. The summed E-state index contributed by atoms with van der Waals surface area (Å²) in [5, 5.41) is 0. The Kier molecular flexibility index (Phi) is 6.83. The molecule has 5 rings (SSSR count). The van der Waals surface area contributed by atoms with E-state index in [0.717, 1.165) is 24.8 Å². The summed E-state index contributed by atoms with van der Waals surface area (Å²) in [7, 11) is 0. The molecule has 0 saturated heterocycles. The number of alkyl halides is 3. The molecular weight excluding hydrogens is 471 g/mol. The summed E-state index contributed by atoms with van der Waals surface area (Å²) in [6.45, 7) is 2.33. The van der Waals surface area contributed by atoms with E-state index in [2.05, 4.69) is 12.1 Å². The molecule has 0 spiro atoms. The van der Waals surface area contributed by atoms with Crippen LogP contribution in [0.15, 0.2) is 35.1 Å². The van der Waals surface area contributed by atoms with Gasteiger partial charge in [-0.25, -0.2) is 9.78 Å². The second kappa shape index (κ2) is 9.90. The zero-order chi connectivity index (χ0) is 25.4. The van der Waals surface area contributed by atoms with Crippen molar-refractivity contribution in [2.45, 2.75) is 83.2 Å². The smallest absolute Gasteiger partial charge is 0.410 e. The molecule has 2 saturated carbocycles. The van der Waals surface area contributed by atoms with Gasteiger partial charge in [-0.15, -0.1) is 0 Å². The molecule has 2 aromatic rings. The predicted octanol–water partition coefficient (Wildman–Crippen LogP) is 5.56. The highest BCUT2D eigenvalue weighted by Gasteiger charge is 2.42. The van der Waals surface area contributed by atoms with Gasteiger partial charge in [0.1, 0.15) is 11.9 Å². The third-order valence-electron chi connectivity index (χ3n) is 8.12. The third-order valence-corrected chi connectivity index (χ3v) is 8.12. The van der Waals surface area contributed by atoms with Crippen LogP contribution in [-0.4, -0.2) is 39.4 Å². The number of aromatic nitrogens is 2. The second-order valence-electron chi connectivity index (χ2n) is 10.4. The standard InChI is InChI=1S/C27H32F3N3O3/c1-17-31-23-16-32(26(35)36-21-12-10-20(11-13-21)27(28,29)30)15-14-22(23)25(34)33(17)24(19-8-5-9-19)18-6-3-2-4-7-18/h2-4,6-7,19-21,24H,5,8-16H2,1H3/t20-,21-,24?. The van der Waals surface area contributed by atoms with Gasteiger partial charge < -0.3 is 9.64 Å². The van der Waals surface area contributed by atoms with E-state index in [-0.39, 0.29) is 43.8 Å². The van der Waals surface area contributed by atoms with E-state index >= 15 is 0 Å². The van der Waals surface area contributed by atoms with Crippen LogP contribution < -0.4 is 5.56 Å². The zero-order valence-electron chi connectivity index (χ0n) is 20.5. The number of amides is 1. The van der Waals surface area contributed by atoms with Crippen LogP contribution in [0.25, 0.3) is 0 Å². The van der Waals surface area contributed by atoms with Gasteiger partial charge >= 0.3 is 12.3 Å². The molecule has 1 aromatic carbocycles. The molecule has 1 amide bonds. The second-order valence-corrected chi connectivity index (χ2v) is 10.4. The van der Waals surface area contributed by atoms with E-state index in [1.54, 1.807) is 0 Å². The van der Waals surface area contributed by atoms with Gasteiger partial charge in [0.2, 0.25) is 0 Å². The van der Waals surface area contributed by atoms with E-state index in [1.165, 1.54) is 4.90 Å². The number of rotatable bonds is 4. The first-order valence-corrected chi connectivity index (χ1v) is 12.9. The average Bonchev–Trinajstić information content (AvgIpc) is 2.82. The van der Waals surface area contributed by atoms with Crippen molar-refractivity contribution in [1.82, 2.24) is 14.5 Å². The van der Waals surface area contributed by atoms with Crippen LogP contribution in [0.4, 0.5) is 18.0 Å². The number of hydrogen-bond donors (Lipinski definition) is 0. The molecule has 9 heteroatoms. The van der Waals surface area contributed by atoms with Crippen molar-refractivity contribution in [2.75, 3.05) is 6.54 Å². The maximum absolute atomic E-state index is 13.7. The van der Waals surface area contributed by atoms with Gasteiger partial charge in [-0.1, -0.05) is 36.8 Å². The average molecular weight is 504 g/mol. The lowest BCUT2D eigenvalue weighted by atomic mass is 9.77. The highest BCUT2D eigenvalue weighted by Crippen LogP contribution is 2.40. The van der Waals surface area contributed by atoms with Crippen molar-refractivity contribution in [3.05, 3.63) is 63.3 Å². The topological polar surface area (TPSA) is 64.4 Å². The number of ether oxygens (including phenoxy) is 1. The first-order chi connectivity index (χ1) is 17.2. The van der Waals surface area contributed by atoms with Gasteiger partial charge in [0.25, 0.3) is 5.56 Å². The van der Waals surface area contributed by atoms with Crippen LogP contribution in [-0.2, 0) is 17.7 Å². The first-order valence-electron chi connectivity index (χ1n) is 12.9. The van der Waals surface area contributed by atoms with Crippen molar-refractivity contribution in [3.8, 4) is 0 Å². The molecule has 2 heterocycles. The van der Waals surface area contributed by atoms with Crippen LogP contribution in [0.2, 0.25) is 0 Å². The van der Waals surface area contributed by atoms with Crippen LogP contribution in [0.3, 0.4) is 0 Å². The molecule has 0 bridgehead atoms. The molecule has 3 aliphatic rings. The predicted molar refractivity (Wildman–Crippen MR) is 128 cm³/mol. The van der Waals surface area contributed by atoms with Gasteiger partial charge in [0, 0.05) is 12.1 Å². The molecule has 36 heavy (non-hydrogen) atoms. The van der Waals surface area contributed by atoms with E-state index in [9.17, 15) is 22.8 Å². The van der Waals surface area contributed by atoms with Crippen LogP contribution >= 0.6 is 0 Å². The van der Waals surface area contributed by atoms with Crippen molar-refractivity contribution in [1.29, 1.82) is 0 Å². The highest BCUT2D eigenvalue weighted by molar-refractivity contribution is 5.68. The molecule has 0 radical (unpaired) electrons. The van der Waals surface area contributed by atoms with Crippen molar-refractivity contribution in [2.24, 2.45) is 11.8 Å². The van der Waals surface area contributed by atoms with E-state index < -0.39 is 24.3 Å². The maximum atomic E-state index is 13.7. The molecular formula is C27H32F3N3O3. The van der Waals surface area contributed by atoms with Crippen molar-refractivity contribution in [3.63, 3.8) is 0 Å². The quantitative estimate of drug-likeness (QED) is 0.548. The Balaban J connectivity index is 1.31. The van der Waals surface area contributed by atoms with E-state index in [4.69, 9.17) is 9.72 Å². The van der Waals surface area contributed by atoms with Gasteiger partial charge in [0.05, 0.1) is 24.2 Å². The largest absolute Gasteiger partial charge is 0.446 e. The number of benzene rings is 1. The number of fused-ring (bicyclic) bond motifs is 1. The number of hydrogen-bond acceptors (Lipinski definition) is 4. The van der Waals surface area contributed by atoms with Crippen molar-refractivity contribution >= 4 is 6.09 Å². The van der Waals surface area contributed by atoms with Gasteiger partial charge in [-0.05, 0) is 63.4 Å². The Labute approximate surface area is 208 Å². The fourth-order valence-electron chi connectivity index (χ4n) is 5.87. The minimum absolute atomic E-state index is 0.0197. The van der Waals surface area contributed by atoms with Gasteiger partial charge in [-0.3, -0.25) is 9.36 Å². The monoisotopic (exact) mass is 503 g/mol. The van der Waals surface area contributed by atoms with Crippen LogP contribution in [0.1, 0.15) is 73.6 Å². The SMILES string of the molecule is Cc1nc2c(c(=O)n1C(c1ccccc1)C1CCC1)CCN(C(=O)O[C@H]1CC[C@H](C(F)(F)F)CC1)C2. The Hall–Kier alpha value is -2.84. The molecule has 2 aliphatic carbocycles. The summed E-state index contributed by atoms with van der Waals surface area (Å²) in [6.07, 6.45) is -1.17. The van der Waals surface area contributed by atoms with E-state index in [1.807, 2.05) is 29.7 Å². The fraction of sp³-hybridized carbons (Fsp3) is 0.593. The molecule has 194 valence electrons. The number of nitrogens with zero attached hydrogens (tertiary/aromatic N) is 3. The highest BCUT2D eigenvalue weighted by atomic mass is 19.4. The molecule has 0 N–H and O–H groups in total. The lowest BCUT2D eigenvalue weighted by Gasteiger charge is -2.37. The zero-order valence-corrected chi connectivity index (χ0v) is 20.5. The van der Waals surface area contributed by atoms with Crippen molar-refractivity contribution < 1.29 is 22.7 Å². The number of carbonyl (C=O) groups excluding carboxylic acids is 1. The number of halogens is 3.